The van der Waals surface area contributed by atoms with Gasteiger partial charge in [0.1, 0.15) is 5.65 Å². The van der Waals surface area contributed by atoms with E-state index in [1.807, 2.05) is 52.1 Å². The molecule has 3 heterocycles. The monoisotopic (exact) mass is 604 g/mol. The van der Waals surface area contributed by atoms with Crippen LogP contribution in [0, 0.1) is 0 Å². The lowest BCUT2D eigenvalue weighted by atomic mass is 9.73. The lowest BCUT2D eigenvalue weighted by Gasteiger charge is -2.54. The van der Waals surface area contributed by atoms with Crippen LogP contribution in [0.25, 0.3) is 11.0 Å². The highest BCUT2D eigenvalue weighted by atomic mass is 35.5. The fourth-order valence-electron chi connectivity index (χ4n) is 6.21. The van der Waals surface area contributed by atoms with Crippen LogP contribution in [0.2, 0.25) is 0 Å². The highest BCUT2D eigenvalue weighted by Gasteiger charge is 2.50. The number of likely N-dealkylation sites (tertiary alicyclic amines) is 1. The Balaban J connectivity index is 1.36. The normalized spacial score (nSPS) is 20.0. The number of hydrogen-bond donors (Lipinski definition) is 1. The van der Waals surface area contributed by atoms with Crippen molar-refractivity contribution in [2.45, 2.75) is 81.7 Å². The van der Waals surface area contributed by atoms with E-state index in [1.165, 1.54) is 11.0 Å². The molecule has 1 saturated carbocycles. The number of carbonyl (C=O) groups excluding carboxylic acids is 1. The van der Waals surface area contributed by atoms with Gasteiger partial charge < -0.3 is 10.2 Å². The summed E-state index contributed by atoms with van der Waals surface area (Å²) in [6.07, 6.45) is 1.74. The number of anilines is 1. The molecule has 1 aromatic carbocycles. The predicted molar refractivity (Wildman–Crippen MR) is 157 cm³/mol. The van der Waals surface area contributed by atoms with E-state index in [0.717, 1.165) is 16.5 Å². The molecule has 1 N–H and O–H groups in total. The molecule has 8 nitrogen and oxygen atoms in total. The van der Waals surface area contributed by atoms with Gasteiger partial charge in [-0.25, -0.2) is 18.2 Å². The molecule has 2 atom stereocenters. The number of alkyl halides is 4. The van der Waals surface area contributed by atoms with Crippen LogP contribution in [0.3, 0.4) is 0 Å². The van der Waals surface area contributed by atoms with Crippen molar-refractivity contribution in [1.82, 2.24) is 24.3 Å². The van der Waals surface area contributed by atoms with E-state index >= 15 is 0 Å². The van der Waals surface area contributed by atoms with Crippen LogP contribution in [-0.2, 0) is 10.3 Å². The Morgan fingerprint density at radius 2 is 1.71 bits per heavy atom. The molecule has 42 heavy (non-hydrogen) atoms. The third-order valence-corrected chi connectivity index (χ3v) is 9.06. The van der Waals surface area contributed by atoms with Crippen LogP contribution >= 0.6 is 11.6 Å². The molecule has 0 spiro atoms. The SMILES string of the molecule is CC(C)n1c(=O)ccc2cnc(N[C@@H](C)c3ccc(C4(N(C)C5CN(C(=O)C(F)Cl)C5)CCC(F)(F)CC4)cc3)nc21. The van der Waals surface area contributed by atoms with Gasteiger partial charge in [0.2, 0.25) is 11.9 Å². The smallest absolute Gasteiger partial charge is 0.272 e. The first kappa shape index (κ1) is 30.3. The number of benzene rings is 1. The molecule has 2 aromatic heterocycles. The number of rotatable bonds is 8. The van der Waals surface area contributed by atoms with Gasteiger partial charge in [0.05, 0.1) is 6.04 Å². The Bertz CT molecular complexity index is 1500. The van der Waals surface area contributed by atoms with Crippen LogP contribution in [0.1, 0.15) is 69.7 Å². The van der Waals surface area contributed by atoms with Crippen molar-refractivity contribution >= 4 is 34.5 Å². The number of fused-ring (bicyclic) bond motifs is 1. The van der Waals surface area contributed by atoms with E-state index in [9.17, 15) is 22.8 Å². The van der Waals surface area contributed by atoms with Crippen LogP contribution in [0.4, 0.5) is 19.1 Å². The van der Waals surface area contributed by atoms with Crippen LogP contribution in [0.5, 0.6) is 0 Å². The summed E-state index contributed by atoms with van der Waals surface area (Å²) in [6, 6.07) is 10.8. The van der Waals surface area contributed by atoms with E-state index in [2.05, 4.69) is 20.2 Å². The van der Waals surface area contributed by atoms with E-state index in [-0.39, 0.29) is 49.4 Å². The second-order valence-corrected chi connectivity index (χ2v) is 12.2. The molecule has 1 unspecified atom stereocenters. The summed E-state index contributed by atoms with van der Waals surface area (Å²) >= 11 is 5.33. The number of aromatic nitrogens is 3. The molecule has 1 amide bonds. The number of carbonyl (C=O) groups is 1. The van der Waals surface area contributed by atoms with Crippen molar-refractivity contribution in [3.8, 4) is 0 Å². The van der Waals surface area contributed by atoms with Gasteiger partial charge >= 0.3 is 0 Å². The molecule has 5 rings (SSSR count). The molecule has 3 aromatic rings. The number of pyridine rings is 1. The Kier molecular flexibility index (Phi) is 8.28. The number of hydrogen-bond acceptors (Lipinski definition) is 6. The van der Waals surface area contributed by atoms with E-state index in [0.29, 0.717) is 24.7 Å². The van der Waals surface area contributed by atoms with E-state index in [4.69, 9.17) is 11.6 Å². The third-order valence-electron chi connectivity index (χ3n) is 8.87. The van der Waals surface area contributed by atoms with Crippen molar-refractivity contribution in [3.63, 3.8) is 0 Å². The maximum atomic E-state index is 14.3. The van der Waals surface area contributed by atoms with E-state index < -0.39 is 23.0 Å². The van der Waals surface area contributed by atoms with Gasteiger partial charge in [-0.3, -0.25) is 19.1 Å². The predicted octanol–water partition coefficient (Wildman–Crippen LogP) is 5.63. The molecule has 1 saturated heterocycles. The van der Waals surface area contributed by atoms with Gasteiger partial charge in [0.25, 0.3) is 17.1 Å². The lowest BCUT2D eigenvalue weighted by Crippen LogP contribution is -2.65. The first-order valence-corrected chi connectivity index (χ1v) is 14.7. The molecule has 0 bridgehead atoms. The average Bonchev–Trinajstić information content (AvgIpc) is 2.92. The van der Waals surface area contributed by atoms with Gasteiger partial charge in [-0.1, -0.05) is 35.9 Å². The quantitative estimate of drug-likeness (QED) is 0.336. The van der Waals surface area contributed by atoms with Crippen LogP contribution in [0.15, 0.2) is 47.4 Å². The maximum absolute atomic E-state index is 14.3. The van der Waals surface area contributed by atoms with Crippen molar-refractivity contribution in [3.05, 3.63) is 64.1 Å². The molecule has 0 radical (unpaired) electrons. The number of nitrogens with one attached hydrogen (secondary N) is 1. The van der Waals surface area contributed by atoms with Crippen LogP contribution < -0.4 is 10.9 Å². The third kappa shape index (κ3) is 5.73. The molecule has 12 heteroatoms. The first-order chi connectivity index (χ1) is 19.8. The summed E-state index contributed by atoms with van der Waals surface area (Å²) in [5.41, 5.74) is -0.425. The zero-order valence-electron chi connectivity index (χ0n) is 24.2. The maximum Gasteiger partial charge on any atom is 0.272 e. The van der Waals surface area contributed by atoms with Gasteiger partial charge in [-0.15, -0.1) is 0 Å². The highest BCUT2D eigenvalue weighted by Crippen LogP contribution is 2.48. The second-order valence-electron chi connectivity index (χ2n) is 11.8. The van der Waals surface area contributed by atoms with Crippen molar-refractivity contribution in [2.75, 3.05) is 25.5 Å². The zero-order valence-corrected chi connectivity index (χ0v) is 24.9. The largest absolute Gasteiger partial charge is 0.348 e. The molecule has 2 fully saturated rings. The van der Waals surface area contributed by atoms with Gasteiger partial charge in [-0.2, -0.15) is 4.98 Å². The molecule has 226 valence electrons. The van der Waals surface area contributed by atoms with E-state index in [1.54, 1.807) is 16.8 Å². The van der Waals surface area contributed by atoms with Crippen LogP contribution in [-0.4, -0.2) is 68.0 Å². The molecular formula is C30H36ClF3N6O2. The van der Waals surface area contributed by atoms with Crippen molar-refractivity contribution in [2.24, 2.45) is 0 Å². The Labute approximate surface area is 247 Å². The summed E-state index contributed by atoms with van der Waals surface area (Å²) in [4.78, 5) is 36.9. The number of halogens is 4. The Morgan fingerprint density at radius 3 is 2.31 bits per heavy atom. The summed E-state index contributed by atoms with van der Waals surface area (Å²) in [5, 5.41) is 4.08. The Morgan fingerprint density at radius 1 is 1.07 bits per heavy atom. The second kappa shape index (κ2) is 11.5. The summed E-state index contributed by atoms with van der Waals surface area (Å²) in [6.45, 7) is 6.43. The molecule has 1 aliphatic carbocycles. The number of amides is 1. The highest BCUT2D eigenvalue weighted by molar-refractivity contribution is 6.29. The number of likely N-dealkylation sites (N-methyl/N-ethyl adjacent to an activating group) is 1. The van der Waals surface area contributed by atoms with Gasteiger partial charge in [0.15, 0.2) is 0 Å². The first-order valence-electron chi connectivity index (χ1n) is 14.2. The minimum Gasteiger partial charge on any atom is -0.348 e. The van der Waals surface area contributed by atoms with Gasteiger partial charge in [0, 0.05) is 61.2 Å². The summed E-state index contributed by atoms with van der Waals surface area (Å²) in [7, 11) is 1.90. The minimum atomic E-state index is -2.72. The average molecular weight is 605 g/mol. The fourth-order valence-corrected chi connectivity index (χ4v) is 6.35. The lowest BCUT2D eigenvalue weighted by molar-refractivity contribution is -0.146. The Hall–Kier alpha value is -3.18. The zero-order chi connectivity index (χ0) is 30.4. The minimum absolute atomic E-state index is 0.0662. The number of nitrogens with zero attached hydrogens (tertiary/aromatic N) is 5. The standard InChI is InChI=1S/C30H36ClF3N6O2/c1-18(2)40-24(41)10-7-21-15-35-28(37-26(21)40)36-19(3)20-5-8-22(9-6-20)29(11-13-30(33,34)14-12-29)38(4)23-16-39(17-23)27(42)25(31)32/h5-10,15,18-19,23,25H,11-14,16-17H2,1-4H3,(H,35,36,37)/t19-,25?/m0/s1. The summed E-state index contributed by atoms with van der Waals surface area (Å²) < 4.78 is 43.5. The van der Waals surface area contributed by atoms with Gasteiger partial charge in [-0.05, 0) is 57.9 Å². The topological polar surface area (TPSA) is 83.4 Å². The molecule has 1 aliphatic heterocycles. The van der Waals surface area contributed by atoms with Crippen molar-refractivity contribution < 1.29 is 18.0 Å². The molecular weight excluding hydrogens is 569 g/mol. The molecule has 2 aliphatic rings. The van der Waals surface area contributed by atoms with Crippen molar-refractivity contribution in [1.29, 1.82) is 0 Å². The summed E-state index contributed by atoms with van der Waals surface area (Å²) in [5.74, 6) is -3.09. The fraction of sp³-hybridized carbons (Fsp3) is 0.533.